The quantitative estimate of drug-likeness (QED) is 0.186. The van der Waals surface area contributed by atoms with Gasteiger partial charge in [0.15, 0.2) is 6.29 Å². The van der Waals surface area contributed by atoms with Crippen LogP contribution in [0.25, 0.3) is 0 Å². The Morgan fingerprint density at radius 3 is 2.59 bits per heavy atom. The minimum atomic E-state index is -0.596. The number of hydrogen-bond acceptors (Lipinski definition) is 6. The zero-order chi connectivity index (χ0) is 21.1. The van der Waals surface area contributed by atoms with Crippen LogP contribution in [0.5, 0.6) is 5.75 Å². The molecular weight excluding hydrogens is 376 g/mol. The molecule has 8 heteroatoms. The molecule has 1 saturated carbocycles. The van der Waals surface area contributed by atoms with Crippen LogP contribution in [-0.4, -0.2) is 46.5 Å². The number of rotatable bonds is 12. The van der Waals surface area contributed by atoms with Crippen molar-refractivity contribution in [3.8, 4) is 5.75 Å². The van der Waals surface area contributed by atoms with Gasteiger partial charge in [-0.3, -0.25) is 19.7 Å². The molecule has 0 bridgehead atoms. The molecule has 1 fully saturated rings. The van der Waals surface area contributed by atoms with Crippen LogP contribution in [-0.2, 0) is 4.79 Å². The Labute approximate surface area is 171 Å². The Balaban J connectivity index is 1.62. The van der Waals surface area contributed by atoms with Gasteiger partial charge in [0.1, 0.15) is 12.5 Å². The van der Waals surface area contributed by atoms with Gasteiger partial charge >= 0.3 is 0 Å². The van der Waals surface area contributed by atoms with E-state index in [2.05, 4.69) is 0 Å². The average molecular weight is 406 g/mol. The Bertz CT molecular complexity index is 688. The fourth-order valence-electron chi connectivity index (χ4n) is 3.74. The fraction of sp³-hybridized carbons (Fsp3) is 0.619. The van der Waals surface area contributed by atoms with E-state index in [0.717, 1.165) is 51.4 Å². The van der Waals surface area contributed by atoms with Gasteiger partial charge in [-0.2, -0.15) is 0 Å². The Kier molecular flexibility index (Phi) is 9.56. The summed E-state index contributed by atoms with van der Waals surface area (Å²) in [4.78, 5) is 35.1. The number of ether oxygens (including phenoxy) is 1. The summed E-state index contributed by atoms with van der Waals surface area (Å²) >= 11 is 0. The maximum atomic E-state index is 12.3. The monoisotopic (exact) mass is 406 g/mol. The predicted octanol–water partition coefficient (Wildman–Crippen LogP) is 3.85. The standard InChI is InChI=1S/C21H30N2O6/c24-15-17-14-19(11-12-20(17)23(27)28)29-13-7-2-1-6-10-21(26)22(16-25)18-8-4-3-5-9-18/h11-12,14-15,18,25H,1-10,13,16H2. The summed E-state index contributed by atoms with van der Waals surface area (Å²) in [5, 5.41) is 20.4. The number of carbonyl (C=O) groups excluding carboxylic acids is 2. The van der Waals surface area contributed by atoms with E-state index in [1.807, 2.05) is 0 Å². The second-order valence-electron chi connectivity index (χ2n) is 7.41. The summed E-state index contributed by atoms with van der Waals surface area (Å²) in [6, 6.07) is 4.31. The zero-order valence-electron chi connectivity index (χ0n) is 16.8. The van der Waals surface area contributed by atoms with Crippen LogP contribution < -0.4 is 4.74 Å². The van der Waals surface area contributed by atoms with Gasteiger partial charge in [-0.1, -0.05) is 32.1 Å². The van der Waals surface area contributed by atoms with E-state index in [1.54, 1.807) is 4.90 Å². The smallest absolute Gasteiger partial charge is 0.280 e. The minimum absolute atomic E-state index is 0.00239. The summed E-state index contributed by atoms with van der Waals surface area (Å²) in [5.74, 6) is 0.460. The number of aliphatic hydroxyl groups is 1. The lowest BCUT2D eigenvalue weighted by Gasteiger charge is -2.32. The number of unbranched alkanes of at least 4 members (excludes halogenated alkanes) is 3. The summed E-state index contributed by atoms with van der Waals surface area (Å²) in [6.07, 6.45) is 9.66. The number of carbonyl (C=O) groups is 2. The third-order valence-electron chi connectivity index (χ3n) is 5.36. The van der Waals surface area contributed by atoms with E-state index >= 15 is 0 Å². The van der Waals surface area contributed by atoms with Gasteiger partial charge < -0.3 is 14.7 Å². The number of aliphatic hydroxyl groups excluding tert-OH is 1. The maximum Gasteiger partial charge on any atom is 0.280 e. The van der Waals surface area contributed by atoms with Crippen molar-refractivity contribution in [1.29, 1.82) is 0 Å². The number of nitrogens with zero attached hydrogens (tertiary/aromatic N) is 2. The fourth-order valence-corrected chi connectivity index (χ4v) is 3.74. The second kappa shape index (κ2) is 12.2. The highest BCUT2D eigenvalue weighted by molar-refractivity contribution is 5.82. The molecule has 1 amide bonds. The molecule has 1 aliphatic carbocycles. The first-order valence-corrected chi connectivity index (χ1v) is 10.3. The summed E-state index contributed by atoms with van der Waals surface area (Å²) in [7, 11) is 0. The molecule has 1 N–H and O–H groups in total. The first-order valence-electron chi connectivity index (χ1n) is 10.3. The van der Waals surface area contributed by atoms with Gasteiger partial charge in [0.05, 0.1) is 17.1 Å². The van der Waals surface area contributed by atoms with Crippen molar-refractivity contribution in [2.24, 2.45) is 0 Å². The van der Waals surface area contributed by atoms with Crippen LogP contribution in [0.1, 0.15) is 74.6 Å². The Hall–Kier alpha value is -2.48. The second-order valence-corrected chi connectivity index (χ2v) is 7.41. The molecule has 0 radical (unpaired) electrons. The SMILES string of the molecule is O=Cc1cc(OCCCCCCC(=O)N(CO)C2CCCCC2)ccc1[N+](=O)[O-]. The van der Waals surface area contributed by atoms with Gasteiger partial charge in [0.25, 0.3) is 5.69 Å². The first-order chi connectivity index (χ1) is 14.1. The van der Waals surface area contributed by atoms with E-state index < -0.39 is 4.92 Å². The molecule has 0 spiro atoms. The molecule has 2 rings (SSSR count). The molecule has 160 valence electrons. The highest BCUT2D eigenvalue weighted by Gasteiger charge is 2.24. The third kappa shape index (κ3) is 7.12. The molecule has 0 aliphatic heterocycles. The Morgan fingerprint density at radius 1 is 1.21 bits per heavy atom. The number of nitro benzene ring substituents is 1. The van der Waals surface area contributed by atoms with Crippen LogP contribution in [0.15, 0.2) is 18.2 Å². The normalized spacial score (nSPS) is 14.4. The summed E-state index contributed by atoms with van der Waals surface area (Å²) in [6.45, 7) is 0.240. The van der Waals surface area contributed by atoms with Crippen LogP contribution in [0, 0.1) is 10.1 Å². The van der Waals surface area contributed by atoms with Crippen molar-refractivity contribution in [2.75, 3.05) is 13.3 Å². The molecule has 0 unspecified atom stereocenters. The van der Waals surface area contributed by atoms with E-state index in [0.29, 0.717) is 25.1 Å². The van der Waals surface area contributed by atoms with Crippen LogP contribution >= 0.6 is 0 Å². The van der Waals surface area contributed by atoms with Crippen molar-refractivity contribution >= 4 is 17.9 Å². The molecule has 0 atom stereocenters. The van der Waals surface area contributed by atoms with Gasteiger partial charge in [0, 0.05) is 18.5 Å². The summed E-state index contributed by atoms with van der Waals surface area (Å²) in [5.41, 5.74) is -0.236. The topological polar surface area (TPSA) is 110 Å². The molecule has 1 aromatic carbocycles. The molecular formula is C21H30N2O6. The molecule has 8 nitrogen and oxygen atoms in total. The average Bonchev–Trinajstić information content (AvgIpc) is 2.74. The molecule has 1 aromatic rings. The van der Waals surface area contributed by atoms with Crippen molar-refractivity contribution in [3.05, 3.63) is 33.9 Å². The number of hydrogen-bond donors (Lipinski definition) is 1. The third-order valence-corrected chi connectivity index (χ3v) is 5.36. The molecule has 1 aliphatic rings. The lowest BCUT2D eigenvalue weighted by molar-refractivity contribution is -0.385. The van der Waals surface area contributed by atoms with E-state index in [4.69, 9.17) is 4.74 Å². The first kappa shape index (κ1) is 22.8. The van der Waals surface area contributed by atoms with Gasteiger partial charge in [-0.25, -0.2) is 0 Å². The van der Waals surface area contributed by atoms with E-state index in [-0.39, 0.29) is 29.9 Å². The number of aldehydes is 1. The van der Waals surface area contributed by atoms with Crippen molar-refractivity contribution in [2.45, 2.75) is 70.3 Å². The van der Waals surface area contributed by atoms with E-state index in [9.17, 15) is 24.8 Å². The maximum absolute atomic E-state index is 12.3. The minimum Gasteiger partial charge on any atom is -0.494 e. The number of nitro groups is 1. The number of benzene rings is 1. The predicted molar refractivity (Wildman–Crippen MR) is 108 cm³/mol. The van der Waals surface area contributed by atoms with Crippen LogP contribution in [0.4, 0.5) is 5.69 Å². The molecule has 29 heavy (non-hydrogen) atoms. The largest absolute Gasteiger partial charge is 0.494 e. The van der Waals surface area contributed by atoms with E-state index in [1.165, 1.54) is 24.6 Å². The number of amides is 1. The zero-order valence-corrected chi connectivity index (χ0v) is 16.8. The molecule has 0 heterocycles. The van der Waals surface area contributed by atoms with Gasteiger partial charge in [-0.15, -0.1) is 0 Å². The Morgan fingerprint density at radius 2 is 1.93 bits per heavy atom. The van der Waals surface area contributed by atoms with Crippen LogP contribution in [0.3, 0.4) is 0 Å². The van der Waals surface area contributed by atoms with Crippen LogP contribution in [0.2, 0.25) is 0 Å². The highest BCUT2D eigenvalue weighted by atomic mass is 16.6. The van der Waals surface area contributed by atoms with Gasteiger partial charge in [0.2, 0.25) is 5.91 Å². The molecule has 0 saturated heterocycles. The lowest BCUT2D eigenvalue weighted by atomic mass is 9.94. The van der Waals surface area contributed by atoms with Gasteiger partial charge in [-0.05, 0) is 37.8 Å². The van der Waals surface area contributed by atoms with Crippen molar-refractivity contribution in [3.63, 3.8) is 0 Å². The summed E-state index contributed by atoms with van der Waals surface area (Å²) < 4.78 is 5.56. The van der Waals surface area contributed by atoms with Crippen molar-refractivity contribution < 1.29 is 24.4 Å². The highest BCUT2D eigenvalue weighted by Crippen LogP contribution is 2.24. The van der Waals surface area contributed by atoms with Crippen molar-refractivity contribution in [1.82, 2.24) is 4.90 Å². The lowest BCUT2D eigenvalue weighted by Crippen LogP contribution is -2.41. The molecule has 0 aromatic heterocycles.